The van der Waals surface area contributed by atoms with Crippen LogP contribution >= 0.6 is 0 Å². The Kier molecular flexibility index (Phi) is 5.66. The third kappa shape index (κ3) is 4.06. The fourth-order valence-electron chi connectivity index (χ4n) is 1.58. The average molecular weight is 243 g/mol. The summed E-state index contributed by atoms with van der Waals surface area (Å²) in [5.74, 6) is -0.572. The highest BCUT2D eigenvalue weighted by Crippen LogP contribution is 2.11. The molecule has 1 aromatic carbocycles. The summed E-state index contributed by atoms with van der Waals surface area (Å²) in [6.45, 7) is 4.11. The number of hydrogen-bond donors (Lipinski definition) is 0. The molecule has 1 rings (SSSR count). The van der Waals surface area contributed by atoms with Gasteiger partial charge in [0.05, 0.1) is 6.61 Å². The number of carbonyl (C=O) groups excluding carboxylic acids is 1. The molecular weight excluding hydrogens is 226 g/mol. The van der Waals surface area contributed by atoms with E-state index in [1.807, 2.05) is 30.3 Å². The molecule has 0 N–H and O–H groups in total. The molecule has 0 saturated carbocycles. The summed E-state index contributed by atoms with van der Waals surface area (Å²) in [7, 11) is 0. The van der Waals surface area contributed by atoms with Crippen LogP contribution in [0.15, 0.2) is 29.8 Å². The topological polar surface area (TPSA) is 50.1 Å². The Hall–Kier alpha value is -2.08. The molecule has 0 bridgehead atoms. The van der Waals surface area contributed by atoms with Gasteiger partial charge in [0.15, 0.2) is 0 Å². The van der Waals surface area contributed by atoms with Crippen molar-refractivity contribution in [3.63, 3.8) is 0 Å². The van der Waals surface area contributed by atoms with E-state index in [0.29, 0.717) is 0 Å². The Morgan fingerprint density at radius 2 is 2.00 bits per heavy atom. The molecule has 0 heterocycles. The van der Waals surface area contributed by atoms with Crippen molar-refractivity contribution in [3.05, 3.63) is 41.0 Å². The Bertz CT molecular complexity index is 466. The van der Waals surface area contributed by atoms with Crippen molar-refractivity contribution < 1.29 is 9.53 Å². The zero-order chi connectivity index (χ0) is 13.4. The summed E-state index contributed by atoms with van der Waals surface area (Å²) >= 11 is 0. The van der Waals surface area contributed by atoms with Crippen LogP contribution in [0.25, 0.3) is 6.08 Å². The number of benzene rings is 1. The molecule has 0 aliphatic rings. The summed E-state index contributed by atoms with van der Waals surface area (Å²) < 4.78 is 4.80. The molecule has 0 aliphatic heterocycles. The van der Waals surface area contributed by atoms with Gasteiger partial charge in [-0.2, -0.15) is 5.26 Å². The van der Waals surface area contributed by atoms with Crippen LogP contribution in [0.1, 0.15) is 31.4 Å². The van der Waals surface area contributed by atoms with E-state index in [1.165, 1.54) is 5.56 Å². The number of aryl methyl sites for hydroxylation is 1. The molecule has 0 fully saturated rings. The fraction of sp³-hybridized carbons (Fsp3) is 0.333. The van der Waals surface area contributed by atoms with E-state index < -0.39 is 5.97 Å². The Labute approximate surface area is 108 Å². The molecule has 0 atom stereocenters. The quantitative estimate of drug-likeness (QED) is 0.453. The summed E-state index contributed by atoms with van der Waals surface area (Å²) in [6.07, 6.45) is 3.68. The Morgan fingerprint density at radius 3 is 2.50 bits per heavy atom. The molecule has 0 saturated heterocycles. The van der Waals surface area contributed by atoms with E-state index in [-0.39, 0.29) is 12.2 Å². The van der Waals surface area contributed by atoms with Gasteiger partial charge in [-0.25, -0.2) is 4.79 Å². The van der Waals surface area contributed by atoms with Crippen LogP contribution in [-0.2, 0) is 16.0 Å². The highest BCUT2D eigenvalue weighted by molar-refractivity contribution is 5.97. The normalized spacial score (nSPS) is 10.8. The van der Waals surface area contributed by atoms with Crippen LogP contribution in [0.3, 0.4) is 0 Å². The molecule has 0 aromatic heterocycles. The maximum absolute atomic E-state index is 11.4. The van der Waals surface area contributed by atoms with Gasteiger partial charge in [-0.15, -0.1) is 0 Å². The number of hydrogen-bond acceptors (Lipinski definition) is 3. The predicted molar refractivity (Wildman–Crippen MR) is 70.7 cm³/mol. The third-order valence-electron chi connectivity index (χ3n) is 2.45. The van der Waals surface area contributed by atoms with Crippen molar-refractivity contribution >= 4 is 12.0 Å². The summed E-state index contributed by atoms with van der Waals surface area (Å²) in [4.78, 5) is 11.4. The van der Waals surface area contributed by atoms with Crippen LogP contribution in [0, 0.1) is 11.3 Å². The van der Waals surface area contributed by atoms with Crippen molar-refractivity contribution in [2.24, 2.45) is 0 Å². The summed E-state index contributed by atoms with van der Waals surface area (Å²) in [5.41, 5.74) is 2.11. The van der Waals surface area contributed by atoms with E-state index >= 15 is 0 Å². The fourth-order valence-corrected chi connectivity index (χ4v) is 1.58. The molecule has 0 radical (unpaired) electrons. The molecule has 0 aliphatic carbocycles. The van der Waals surface area contributed by atoms with E-state index in [9.17, 15) is 4.79 Å². The van der Waals surface area contributed by atoms with Gasteiger partial charge in [-0.1, -0.05) is 37.6 Å². The lowest BCUT2D eigenvalue weighted by Crippen LogP contribution is -2.05. The molecule has 0 spiro atoms. The van der Waals surface area contributed by atoms with Crippen LogP contribution in [0.5, 0.6) is 0 Å². The van der Waals surface area contributed by atoms with Crippen molar-refractivity contribution in [3.8, 4) is 6.07 Å². The number of nitrogens with zero attached hydrogens (tertiary/aromatic N) is 1. The highest BCUT2D eigenvalue weighted by atomic mass is 16.5. The van der Waals surface area contributed by atoms with E-state index in [4.69, 9.17) is 10.00 Å². The van der Waals surface area contributed by atoms with E-state index in [0.717, 1.165) is 18.4 Å². The first kappa shape index (κ1) is 14.0. The van der Waals surface area contributed by atoms with Gasteiger partial charge in [-0.05, 0) is 30.5 Å². The van der Waals surface area contributed by atoms with Gasteiger partial charge in [-0.3, -0.25) is 0 Å². The maximum atomic E-state index is 11.4. The molecule has 0 unspecified atom stereocenters. The molecule has 18 heavy (non-hydrogen) atoms. The number of esters is 1. The minimum atomic E-state index is -0.572. The molecular formula is C15H17NO2. The first-order valence-corrected chi connectivity index (χ1v) is 6.09. The first-order chi connectivity index (χ1) is 8.71. The van der Waals surface area contributed by atoms with Crippen LogP contribution in [0.4, 0.5) is 0 Å². The minimum Gasteiger partial charge on any atom is -0.462 e. The minimum absolute atomic E-state index is 0.0279. The predicted octanol–water partition coefficient (Wildman–Crippen LogP) is 3.11. The van der Waals surface area contributed by atoms with E-state index in [1.54, 1.807) is 13.0 Å². The number of nitriles is 1. The van der Waals surface area contributed by atoms with Gasteiger partial charge < -0.3 is 4.74 Å². The standard InChI is InChI=1S/C15H17NO2/c1-3-5-12-6-8-13(9-7-12)10-14(11-16)15(17)18-4-2/h6-10H,3-5H2,1-2H3/b14-10-. The summed E-state index contributed by atoms with van der Waals surface area (Å²) in [5, 5.41) is 8.90. The van der Waals surface area contributed by atoms with Gasteiger partial charge in [0, 0.05) is 0 Å². The molecule has 3 nitrogen and oxygen atoms in total. The number of carbonyl (C=O) groups is 1. The Morgan fingerprint density at radius 1 is 1.33 bits per heavy atom. The van der Waals surface area contributed by atoms with Gasteiger partial charge >= 0.3 is 5.97 Å². The average Bonchev–Trinajstić information content (AvgIpc) is 2.38. The van der Waals surface area contributed by atoms with Crippen molar-refractivity contribution in [1.82, 2.24) is 0 Å². The third-order valence-corrected chi connectivity index (χ3v) is 2.45. The van der Waals surface area contributed by atoms with Crippen LogP contribution in [-0.4, -0.2) is 12.6 Å². The van der Waals surface area contributed by atoms with Gasteiger partial charge in [0.25, 0.3) is 0 Å². The summed E-state index contributed by atoms with van der Waals surface area (Å²) in [6, 6.07) is 9.69. The molecule has 94 valence electrons. The largest absolute Gasteiger partial charge is 0.462 e. The smallest absolute Gasteiger partial charge is 0.348 e. The lowest BCUT2D eigenvalue weighted by molar-refractivity contribution is -0.137. The second-order valence-electron chi connectivity index (χ2n) is 3.88. The number of rotatable bonds is 5. The van der Waals surface area contributed by atoms with Crippen molar-refractivity contribution in [2.45, 2.75) is 26.7 Å². The van der Waals surface area contributed by atoms with Gasteiger partial charge in [0.1, 0.15) is 11.6 Å². The molecule has 0 amide bonds. The van der Waals surface area contributed by atoms with Crippen molar-refractivity contribution in [1.29, 1.82) is 5.26 Å². The molecule has 3 heteroatoms. The zero-order valence-corrected chi connectivity index (χ0v) is 10.8. The van der Waals surface area contributed by atoms with E-state index in [2.05, 4.69) is 6.92 Å². The Balaban J connectivity index is 2.86. The zero-order valence-electron chi connectivity index (χ0n) is 10.8. The molecule has 1 aromatic rings. The second-order valence-corrected chi connectivity index (χ2v) is 3.88. The second kappa shape index (κ2) is 7.29. The maximum Gasteiger partial charge on any atom is 0.348 e. The lowest BCUT2D eigenvalue weighted by Gasteiger charge is -2.01. The van der Waals surface area contributed by atoms with Crippen LogP contribution < -0.4 is 0 Å². The SMILES string of the molecule is CCCc1ccc(/C=C(/C#N)C(=O)OCC)cc1. The highest BCUT2D eigenvalue weighted by Gasteiger charge is 2.09. The van der Waals surface area contributed by atoms with Crippen molar-refractivity contribution in [2.75, 3.05) is 6.61 Å². The van der Waals surface area contributed by atoms with Gasteiger partial charge in [0.2, 0.25) is 0 Å². The lowest BCUT2D eigenvalue weighted by atomic mass is 10.1. The number of ether oxygens (including phenoxy) is 1. The monoisotopic (exact) mass is 243 g/mol. The van der Waals surface area contributed by atoms with Crippen LogP contribution in [0.2, 0.25) is 0 Å². The first-order valence-electron chi connectivity index (χ1n) is 6.09.